The molecular formula is C14H19N5. The van der Waals surface area contributed by atoms with Crippen LogP contribution in [0.2, 0.25) is 0 Å². The van der Waals surface area contributed by atoms with E-state index in [1.54, 1.807) is 0 Å². The summed E-state index contributed by atoms with van der Waals surface area (Å²) in [5, 5.41) is 7.92. The average Bonchev–Trinajstić information content (AvgIpc) is 3.11. The highest BCUT2D eigenvalue weighted by molar-refractivity contribution is 5.31. The first-order valence-corrected chi connectivity index (χ1v) is 6.73. The molecule has 0 atom stereocenters. The van der Waals surface area contributed by atoms with Gasteiger partial charge in [-0.2, -0.15) is 4.68 Å². The smallest absolute Gasteiger partial charge is 0.156 e. The Labute approximate surface area is 113 Å². The lowest BCUT2D eigenvalue weighted by Crippen LogP contribution is -2.16. The first-order valence-electron chi connectivity index (χ1n) is 6.73. The van der Waals surface area contributed by atoms with Crippen LogP contribution < -0.4 is 5.32 Å². The highest BCUT2D eigenvalue weighted by Gasteiger charge is 2.20. The molecule has 5 nitrogen and oxygen atoms in total. The molecule has 0 unspecified atom stereocenters. The van der Waals surface area contributed by atoms with Gasteiger partial charge in [-0.25, -0.2) is 9.97 Å². The van der Waals surface area contributed by atoms with Gasteiger partial charge in [-0.3, -0.25) is 0 Å². The summed E-state index contributed by atoms with van der Waals surface area (Å²) >= 11 is 0. The van der Waals surface area contributed by atoms with E-state index in [1.807, 2.05) is 25.5 Å². The Morgan fingerprint density at radius 3 is 2.63 bits per heavy atom. The Bertz CT molecular complexity index is 598. The number of nitrogens with one attached hydrogen (secondary N) is 1. The standard InChI is InChI=1S/C14H19N5/c1-9-6-12(8-15-13-4-5-13)7-14(16-9)19-11(3)17-10(2)18-19/h6-7,13,15H,4-5,8H2,1-3H3. The van der Waals surface area contributed by atoms with E-state index in [0.717, 1.165) is 29.7 Å². The molecule has 3 rings (SSSR count). The van der Waals surface area contributed by atoms with Crippen molar-refractivity contribution < 1.29 is 0 Å². The molecule has 0 amide bonds. The van der Waals surface area contributed by atoms with Gasteiger partial charge in [0.15, 0.2) is 5.82 Å². The normalized spacial score (nSPS) is 14.9. The minimum Gasteiger partial charge on any atom is -0.310 e. The summed E-state index contributed by atoms with van der Waals surface area (Å²) in [4.78, 5) is 8.88. The zero-order valence-electron chi connectivity index (χ0n) is 11.6. The van der Waals surface area contributed by atoms with Crippen LogP contribution in [0.25, 0.3) is 5.82 Å². The fourth-order valence-corrected chi connectivity index (χ4v) is 2.22. The quantitative estimate of drug-likeness (QED) is 0.908. The molecule has 0 bridgehead atoms. The van der Waals surface area contributed by atoms with Crippen LogP contribution in [0.3, 0.4) is 0 Å². The first kappa shape index (κ1) is 12.3. The maximum absolute atomic E-state index is 4.55. The summed E-state index contributed by atoms with van der Waals surface area (Å²) in [6, 6.07) is 4.92. The highest BCUT2D eigenvalue weighted by Crippen LogP contribution is 2.20. The number of nitrogens with zero attached hydrogens (tertiary/aromatic N) is 4. The number of aromatic nitrogens is 4. The van der Waals surface area contributed by atoms with Crippen molar-refractivity contribution in [1.29, 1.82) is 0 Å². The van der Waals surface area contributed by atoms with Gasteiger partial charge < -0.3 is 5.32 Å². The van der Waals surface area contributed by atoms with Crippen LogP contribution in [0.1, 0.15) is 35.7 Å². The lowest BCUT2D eigenvalue weighted by molar-refractivity contribution is 0.684. The van der Waals surface area contributed by atoms with E-state index in [2.05, 4.69) is 32.5 Å². The monoisotopic (exact) mass is 257 g/mol. The molecule has 0 aromatic carbocycles. The highest BCUT2D eigenvalue weighted by atomic mass is 15.4. The molecule has 1 fully saturated rings. The summed E-state index contributed by atoms with van der Waals surface area (Å²) in [6.07, 6.45) is 2.61. The fraction of sp³-hybridized carbons (Fsp3) is 0.500. The van der Waals surface area contributed by atoms with Crippen molar-refractivity contribution in [3.8, 4) is 5.82 Å². The molecule has 5 heteroatoms. The third-order valence-corrected chi connectivity index (χ3v) is 3.26. The van der Waals surface area contributed by atoms with E-state index in [-0.39, 0.29) is 0 Å². The Kier molecular flexibility index (Phi) is 3.06. The van der Waals surface area contributed by atoms with Crippen molar-refractivity contribution in [3.05, 3.63) is 35.0 Å². The fourth-order valence-electron chi connectivity index (χ4n) is 2.22. The molecule has 1 aliphatic rings. The van der Waals surface area contributed by atoms with Gasteiger partial charge in [-0.1, -0.05) is 0 Å². The molecular weight excluding hydrogens is 238 g/mol. The van der Waals surface area contributed by atoms with Crippen molar-refractivity contribution in [1.82, 2.24) is 25.1 Å². The van der Waals surface area contributed by atoms with Gasteiger partial charge in [0.05, 0.1) is 0 Å². The van der Waals surface area contributed by atoms with E-state index in [1.165, 1.54) is 18.4 Å². The van der Waals surface area contributed by atoms with Crippen molar-refractivity contribution in [3.63, 3.8) is 0 Å². The summed E-state index contributed by atoms with van der Waals surface area (Å²) in [7, 11) is 0. The van der Waals surface area contributed by atoms with Crippen LogP contribution in [0, 0.1) is 20.8 Å². The van der Waals surface area contributed by atoms with Crippen molar-refractivity contribution in [2.75, 3.05) is 0 Å². The van der Waals surface area contributed by atoms with E-state index in [4.69, 9.17) is 0 Å². The number of hydrogen-bond acceptors (Lipinski definition) is 4. The summed E-state index contributed by atoms with van der Waals surface area (Å²) in [5.74, 6) is 2.50. The number of aryl methyl sites for hydroxylation is 3. The number of pyridine rings is 1. The second-order valence-corrected chi connectivity index (χ2v) is 5.25. The molecule has 0 spiro atoms. The van der Waals surface area contributed by atoms with Gasteiger partial charge in [-0.05, 0) is 51.3 Å². The molecule has 1 saturated carbocycles. The van der Waals surface area contributed by atoms with Crippen LogP contribution >= 0.6 is 0 Å². The van der Waals surface area contributed by atoms with Crippen LogP contribution in [-0.4, -0.2) is 25.8 Å². The predicted molar refractivity (Wildman–Crippen MR) is 73.2 cm³/mol. The molecule has 2 heterocycles. The second-order valence-electron chi connectivity index (χ2n) is 5.25. The van der Waals surface area contributed by atoms with E-state index in [9.17, 15) is 0 Å². The molecule has 2 aromatic heterocycles. The van der Waals surface area contributed by atoms with E-state index >= 15 is 0 Å². The Morgan fingerprint density at radius 1 is 1.21 bits per heavy atom. The molecule has 19 heavy (non-hydrogen) atoms. The summed E-state index contributed by atoms with van der Waals surface area (Å²) < 4.78 is 1.81. The van der Waals surface area contributed by atoms with Crippen molar-refractivity contribution in [2.45, 2.75) is 46.2 Å². The molecule has 0 aliphatic heterocycles. The van der Waals surface area contributed by atoms with Gasteiger partial charge in [0.25, 0.3) is 0 Å². The predicted octanol–water partition coefficient (Wildman–Crippen LogP) is 1.84. The lowest BCUT2D eigenvalue weighted by atomic mass is 10.2. The minimum absolute atomic E-state index is 0.715. The molecule has 1 aliphatic carbocycles. The third kappa shape index (κ3) is 2.81. The average molecular weight is 257 g/mol. The zero-order valence-corrected chi connectivity index (χ0v) is 11.6. The van der Waals surface area contributed by atoms with Crippen LogP contribution in [0.5, 0.6) is 0 Å². The maximum atomic E-state index is 4.55. The molecule has 1 N–H and O–H groups in total. The molecule has 0 saturated heterocycles. The van der Waals surface area contributed by atoms with E-state index < -0.39 is 0 Å². The van der Waals surface area contributed by atoms with Gasteiger partial charge in [0, 0.05) is 18.3 Å². The van der Waals surface area contributed by atoms with Gasteiger partial charge in [0.2, 0.25) is 0 Å². The Hall–Kier alpha value is -1.75. The van der Waals surface area contributed by atoms with Gasteiger partial charge >= 0.3 is 0 Å². The summed E-state index contributed by atoms with van der Waals surface area (Å²) in [5.41, 5.74) is 2.26. The molecule has 0 radical (unpaired) electrons. The largest absolute Gasteiger partial charge is 0.310 e. The van der Waals surface area contributed by atoms with Crippen molar-refractivity contribution in [2.24, 2.45) is 0 Å². The number of hydrogen-bond donors (Lipinski definition) is 1. The molecule has 2 aromatic rings. The second kappa shape index (κ2) is 4.74. The molecule has 100 valence electrons. The van der Waals surface area contributed by atoms with Crippen LogP contribution in [0.15, 0.2) is 12.1 Å². The Balaban J connectivity index is 1.89. The van der Waals surface area contributed by atoms with Crippen LogP contribution in [0.4, 0.5) is 0 Å². The zero-order chi connectivity index (χ0) is 13.4. The Morgan fingerprint density at radius 2 is 2.00 bits per heavy atom. The number of rotatable bonds is 4. The summed E-state index contributed by atoms with van der Waals surface area (Å²) in [6.45, 7) is 6.76. The lowest BCUT2D eigenvalue weighted by Gasteiger charge is -2.08. The van der Waals surface area contributed by atoms with E-state index in [0.29, 0.717) is 6.04 Å². The third-order valence-electron chi connectivity index (χ3n) is 3.26. The SMILES string of the molecule is Cc1cc(CNC2CC2)cc(-n2nc(C)nc2C)n1. The van der Waals surface area contributed by atoms with Crippen LogP contribution in [-0.2, 0) is 6.54 Å². The van der Waals surface area contributed by atoms with Gasteiger partial charge in [0.1, 0.15) is 11.6 Å². The minimum atomic E-state index is 0.715. The van der Waals surface area contributed by atoms with Crippen molar-refractivity contribution >= 4 is 0 Å². The maximum Gasteiger partial charge on any atom is 0.156 e. The first-order chi connectivity index (χ1) is 9.11. The topological polar surface area (TPSA) is 55.6 Å². The van der Waals surface area contributed by atoms with Gasteiger partial charge in [-0.15, -0.1) is 5.10 Å².